The molecule has 1 amide bonds. The van der Waals surface area contributed by atoms with Gasteiger partial charge in [0.2, 0.25) is 5.91 Å². The van der Waals surface area contributed by atoms with Crippen LogP contribution in [0.15, 0.2) is 30.3 Å². The molecule has 0 spiro atoms. The first-order valence-corrected chi connectivity index (χ1v) is 6.79. The molecule has 0 radical (unpaired) electrons. The van der Waals surface area contributed by atoms with Gasteiger partial charge in [-0.2, -0.15) is 0 Å². The molecule has 1 unspecified atom stereocenters. The molecule has 3 nitrogen and oxygen atoms in total. The second-order valence-corrected chi connectivity index (χ2v) is 4.72. The van der Waals surface area contributed by atoms with Gasteiger partial charge in [-0.05, 0) is 36.5 Å². The van der Waals surface area contributed by atoms with Gasteiger partial charge in [0.25, 0.3) is 0 Å². The number of carbonyl (C=O) groups excluding carboxylic acids is 1. The number of carbonyl (C=O) groups is 1. The number of rotatable bonds is 7. The molecule has 0 saturated carbocycles. The van der Waals surface area contributed by atoms with Crippen LogP contribution >= 0.6 is 0 Å². The average molecular weight is 261 g/mol. The Labute approximate surface area is 115 Å². The third kappa shape index (κ3) is 5.71. The molecule has 1 aromatic rings. The first-order valence-electron chi connectivity index (χ1n) is 6.79. The maximum atomic E-state index is 11.7. The van der Waals surface area contributed by atoms with Crippen molar-refractivity contribution in [2.45, 2.75) is 26.7 Å². The molecule has 0 saturated heterocycles. The standard InChI is InChI=1S/C16H23NO2/c1-3-14(10-11-18)12-17-16(19)9-8-15-7-5-4-6-13(15)2/h4-9,14,18H,3,10-12H2,1-2H3,(H,17,19). The summed E-state index contributed by atoms with van der Waals surface area (Å²) in [7, 11) is 0. The SMILES string of the molecule is CCC(CCO)CNC(=O)C=Cc1ccccc1C. The first-order chi connectivity index (χ1) is 9.17. The van der Waals surface area contributed by atoms with Crippen molar-refractivity contribution in [3.8, 4) is 0 Å². The van der Waals surface area contributed by atoms with Crippen molar-refractivity contribution >= 4 is 12.0 Å². The quantitative estimate of drug-likeness (QED) is 0.741. The van der Waals surface area contributed by atoms with Crippen LogP contribution in [0.3, 0.4) is 0 Å². The maximum Gasteiger partial charge on any atom is 0.244 e. The summed E-state index contributed by atoms with van der Waals surface area (Å²) in [6.07, 6.45) is 5.09. The fraction of sp³-hybridized carbons (Fsp3) is 0.438. The number of aliphatic hydroxyl groups is 1. The lowest BCUT2D eigenvalue weighted by molar-refractivity contribution is -0.116. The lowest BCUT2D eigenvalue weighted by Gasteiger charge is -2.13. The molecule has 0 heterocycles. The van der Waals surface area contributed by atoms with Gasteiger partial charge in [-0.1, -0.05) is 37.6 Å². The molecular weight excluding hydrogens is 238 g/mol. The molecule has 0 fully saturated rings. The predicted molar refractivity (Wildman–Crippen MR) is 78.7 cm³/mol. The van der Waals surface area contributed by atoms with Crippen molar-refractivity contribution in [2.24, 2.45) is 5.92 Å². The van der Waals surface area contributed by atoms with Crippen LogP contribution in [0.1, 0.15) is 30.9 Å². The molecule has 2 N–H and O–H groups in total. The number of hydrogen-bond donors (Lipinski definition) is 2. The van der Waals surface area contributed by atoms with E-state index in [1.54, 1.807) is 6.08 Å². The van der Waals surface area contributed by atoms with Crippen LogP contribution < -0.4 is 5.32 Å². The molecule has 104 valence electrons. The van der Waals surface area contributed by atoms with Gasteiger partial charge in [0.1, 0.15) is 0 Å². The summed E-state index contributed by atoms with van der Waals surface area (Å²) in [6, 6.07) is 7.94. The van der Waals surface area contributed by atoms with Gasteiger partial charge in [-0.25, -0.2) is 0 Å². The predicted octanol–water partition coefficient (Wildman–Crippen LogP) is 2.53. The Hall–Kier alpha value is -1.61. The van der Waals surface area contributed by atoms with E-state index < -0.39 is 0 Å². The van der Waals surface area contributed by atoms with Crippen LogP contribution in [-0.4, -0.2) is 24.2 Å². The Morgan fingerprint density at radius 1 is 1.42 bits per heavy atom. The highest BCUT2D eigenvalue weighted by molar-refractivity contribution is 5.91. The second-order valence-electron chi connectivity index (χ2n) is 4.72. The zero-order valence-electron chi connectivity index (χ0n) is 11.7. The lowest BCUT2D eigenvalue weighted by Crippen LogP contribution is -2.28. The number of benzene rings is 1. The first kappa shape index (κ1) is 15.4. The van der Waals surface area contributed by atoms with Crippen LogP contribution in [0.2, 0.25) is 0 Å². The number of aliphatic hydroxyl groups excluding tert-OH is 1. The average Bonchev–Trinajstić information content (AvgIpc) is 2.42. The summed E-state index contributed by atoms with van der Waals surface area (Å²) >= 11 is 0. The van der Waals surface area contributed by atoms with Gasteiger partial charge < -0.3 is 10.4 Å². The molecule has 1 aromatic carbocycles. The van der Waals surface area contributed by atoms with Crippen molar-refractivity contribution in [3.05, 3.63) is 41.5 Å². The summed E-state index contributed by atoms with van der Waals surface area (Å²) in [5, 5.41) is 11.8. The number of aryl methyl sites for hydroxylation is 1. The van der Waals surface area contributed by atoms with E-state index in [-0.39, 0.29) is 12.5 Å². The van der Waals surface area contributed by atoms with Crippen molar-refractivity contribution in [1.82, 2.24) is 5.32 Å². The Kier molecular flexibility index (Phi) is 6.90. The molecule has 0 aliphatic rings. The minimum atomic E-state index is -0.0837. The summed E-state index contributed by atoms with van der Waals surface area (Å²) in [6.45, 7) is 4.88. The highest BCUT2D eigenvalue weighted by Gasteiger charge is 2.06. The van der Waals surface area contributed by atoms with Crippen LogP contribution in [0.4, 0.5) is 0 Å². The van der Waals surface area contributed by atoms with Crippen LogP contribution in [0.25, 0.3) is 6.08 Å². The van der Waals surface area contributed by atoms with Crippen molar-refractivity contribution in [2.75, 3.05) is 13.2 Å². The topological polar surface area (TPSA) is 49.3 Å². The van der Waals surface area contributed by atoms with E-state index >= 15 is 0 Å². The van der Waals surface area contributed by atoms with E-state index in [0.29, 0.717) is 12.5 Å². The summed E-state index contributed by atoms with van der Waals surface area (Å²) in [5.41, 5.74) is 2.21. The van der Waals surface area contributed by atoms with Gasteiger partial charge in [0.15, 0.2) is 0 Å². The second kappa shape index (κ2) is 8.48. The highest BCUT2D eigenvalue weighted by Crippen LogP contribution is 2.09. The van der Waals surface area contributed by atoms with Gasteiger partial charge in [0, 0.05) is 19.2 Å². The van der Waals surface area contributed by atoms with Gasteiger partial charge in [-0.3, -0.25) is 4.79 Å². The Bertz CT molecular complexity index is 427. The fourth-order valence-electron chi connectivity index (χ4n) is 1.88. The molecule has 0 aliphatic carbocycles. The Morgan fingerprint density at radius 3 is 2.79 bits per heavy atom. The van der Waals surface area contributed by atoms with Gasteiger partial charge in [-0.15, -0.1) is 0 Å². The molecular formula is C16H23NO2. The molecule has 19 heavy (non-hydrogen) atoms. The van der Waals surface area contributed by atoms with E-state index in [2.05, 4.69) is 12.2 Å². The van der Waals surface area contributed by atoms with Crippen LogP contribution in [0, 0.1) is 12.8 Å². The number of nitrogens with one attached hydrogen (secondary N) is 1. The van der Waals surface area contributed by atoms with E-state index in [9.17, 15) is 4.79 Å². The fourth-order valence-corrected chi connectivity index (χ4v) is 1.88. The zero-order valence-corrected chi connectivity index (χ0v) is 11.7. The minimum Gasteiger partial charge on any atom is -0.396 e. The third-order valence-corrected chi connectivity index (χ3v) is 3.28. The minimum absolute atomic E-state index is 0.0837. The third-order valence-electron chi connectivity index (χ3n) is 3.28. The zero-order chi connectivity index (χ0) is 14.1. The molecule has 1 rings (SSSR count). The Morgan fingerprint density at radius 2 is 2.16 bits per heavy atom. The van der Waals surface area contributed by atoms with Crippen molar-refractivity contribution in [1.29, 1.82) is 0 Å². The van der Waals surface area contributed by atoms with Crippen LogP contribution in [0.5, 0.6) is 0 Å². The maximum absolute atomic E-state index is 11.7. The van der Waals surface area contributed by atoms with Crippen molar-refractivity contribution < 1.29 is 9.90 Å². The molecule has 0 aliphatic heterocycles. The van der Waals surface area contributed by atoms with Gasteiger partial charge >= 0.3 is 0 Å². The smallest absolute Gasteiger partial charge is 0.244 e. The van der Waals surface area contributed by atoms with Crippen LogP contribution in [-0.2, 0) is 4.79 Å². The monoisotopic (exact) mass is 261 g/mol. The molecule has 0 aromatic heterocycles. The van der Waals surface area contributed by atoms with Gasteiger partial charge in [0.05, 0.1) is 0 Å². The normalized spacial score (nSPS) is 12.6. The van der Waals surface area contributed by atoms with E-state index in [4.69, 9.17) is 5.11 Å². The summed E-state index contributed by atoms with van der Waals surface area (Å²) < 4.78 is 0. The van der Waals surface area contributed by atoms with E-state index in [1.165, 1.54) is 0 Å². The van der Waals surface area contributed by atoms with Crippen molar-refractivity contribution in [3.63, 3.8) is 0 Å². The van der Waals surface area contributed by atoms with E-state index in [1.807, 2.05) is 37.3 Å². The summed E-state index contributed by atoms with van der Waals surface area (Å²) in [4.78, 5) is 11.7. The summed E-state index contributed by atoms with van der Waals surface area (Å²) in [5.74, 6) is 0.264. The number of amides is 1. The van der Waals surface area contributed by atoms with E-state index in [0.717, 1.165) is 24.0 Å². The molecule has 3 heteroatoms. The lowest BCUT2D eigenvalue weighted by atomic mass is 10.0. The number of hydrogen-bond acceptors (Lipinski definition) is 2. The molecule has 1 atom stereocenters. The largest absolute Gasteiger partial charge is 0.396 e. The molecule has 0 bridgehead atoms. The Balaban J connectivity index is 2.45. The highest BCUT2D eigenvalue weighted by atomic mass is 16.3.